The van der Waals surface area contributed by atoms with E-state index >= 15 is 0 Å². The van der Waals surface area contributed by atoms with Crippen molar-refractivity contribution >= 4 is 27.5 Å². The molecule has 1 saturated heterocycles. The van der Waals surface area contributed by atoms with Crippen LogP contribution in [-0.4, -0.2) is 30.6 Å². The fourth-order valence-corrected chi connectivity index (χ4v) is 2.99. The molecule has 0 aliphatic carbocycles. The molecule has 1 N–H and O–H groups in total. The van der Waals surface area contributed by atoms with Crippen molar-refractivity contribution in [2.75, 3.05) is 19.6 Å². The number of rotatable bonds is 5. The van der Waals surface area contributed by atoms with E-state index in [0.717, 1.165) is 22.6 Å². The number of piperidine rings is 1. The predicted octanol–water partition coefficient (Wildman–Crippen LogP) is 4.07. The van der Waals surface area contributed by atoms with Gasteiger partial charge in [-0.3, -0.25) is 0 Å². The summed E-state index contributed by atoms with van der Waals surface area (Å²) in [7, 11) is 0. The molecule has 2 rings (SSSR count). The third-order valence-electron chi connectivity index (χ3n) is 3.62. The van der Waals surface area contributed by atoms with Crippen molar-refractivity contribution < 1.29 is 0 Å². The Morgan fingerprint density at radius 2 is 2.05 bits per heavy atom. The number of nitrogens with zero attached hydrogens (tertiary/aromatic N) is 1. The van der Waals surface area contributed by atoms with Gasteiger partial charge < -0.3 is 10.2 Å². The van der Waals surface area contributed by atoms with Crippen molar-refractivity contribution in [1.82, 2.24) is 10.2 Å². The van der Waals surface area contributed by atoms with E-state index in [1.165, 1.54) is 37.9 Å². The molecule has 1 atom stereocenters. The number of benzene rings is 1. The van der Waals surface area contributed by atoms with Crippen LogP contribution in [-0.2, 0) is 6.54 Å². The number of hydrogen-bond acceptors (Lipinski definition) is 2. The van der Waals surface area contributed by atoms with Gasteiger partial charge in [0.2, 0.25) is 0 Å². The van der Waals surface area contributed by atoms with E-state index < -0.39 is 0 Å². The van der Waals surface area contributed by atoms with Crippen LogP contribution in [0.5, 0.6) is 0 Å². The fourth-order valence-electron chi connectivity index (χ4n) is 2.54. The summed E-state index contributed by atoms with van der Waals surface area (Å²) in [6, 6.07) is 6.65. The van der Waals surface area contributed by atoms with Crippen LogP contribution in [0.1, 0.15) is 31.7 Å². The Labute approximate surface area is 129 Å². The highest BCUT2D eigenvalue weighted by atomic mass is 79.9. The molecule has 1 aliphatic heterocycles. The van der Waals surface area contributed by atoms with Crippen LogP contribution in [0.25, 0.3) is 0 Å². The minimum atomic E-state index is 0.514. The van der Waals surface area contributed by atoms with E-state index in [1.54, 1.807) is 0 Å². The van der Waals surface area contributed by atoms with Gasteiger partial charge in [0.25, 0.3) is 0 Å². The predicted molar refractivity (Wildman–Crippen MR) is 85.7 cm³/mol. The minimum absolute atomic E-state index is 0.514. The normalized spacial score (nSPS) is 18.5. The van der Waals surface area contributed by atoms with Crippen molar-refractivity contribution in [2.45, 2.75) is 38.8 Å². The maximum atomic E-state index is 6.10. The molecule has 1 aliphatic rings. The molecular formula is C15H22BrClN2. The molecule has 0 aromatic heterocycles. The van der Waals surface area contributed by atoms with Gasteiger partial charge in [0.05, 0.1) is 5.02 Å². The molecule has 0 saturated carbocycles. The molecule has 1 aromatic carbocycles. The Balaban J connectivity index is 1.75. The lowest BCUT2D eigenvalue weighted by Gasteiger charge is -2.29. The molecule has 1 fully saturated rings. The SMILES string of the molecule is CC(CN1CCCCC1)NCc1ccc(Br)c(Cl)c1. The summed E-state index contributed by atoms with van der Waals surface area (Å²) in [5.74, 6) is 0. The summed E-state index contributed by atoms with van der Waals surface area (Å²) in [5, 5.41) is 4.36. The molecule has 0 spiro atoms. The van der Waals surface area contributed by atoms with E-state index in [1.807, 2.05) is 12.1 Å². The van der Waals surface area contributed by atoms with Gasteiger partial charge in [-0.25, -0.2) is 0 Å². The topological polar surface area (TPSA) is 15.3 Å². The van der Waals surface area contributed by atoms with Crippen molar-refractivity contribution in [3.05, 3.63) is 33.3 Å². The third-order valence-corrected chi connectivity index (χ3v) is 4.85. The molecule has 1 aromatic rings. The first-order valence-corrected chi connectivity index (χ1v) is 8.22. The van der Waals surface area contributed by atoms with Gasteiger partial charge in [0, 0.05) is 23.6 Å². The minimum Gasteiger partial charge on any atom is -0.309 e. The first-order chi connectivity index (χ1) is 9.15. The third kappa shape index (κ3) is 5.07. The van der Waals surface area contributed by atoms with Crippen LogP contribution in [0, 0.1) is 0 Å². The highest BCUT2D eigenvalue weighted by Crippen LogP contribution is 2.23. The first kappa shape index (κ1) is 15.3. The zero-order valence-corrected chi connectivity index (χ0v) is 13.8. The van der Waals surface area contributed by atoms with Crippen LogP contribution >= 0.6 is 27.5 Å². The molecular weight excluding hydrogens is 324 g/mol. The molecule has 0 radical (unpaired) electrons. The Morgan fingerprint density at radius 1 is 1.32 bits per heavy atom. The molecule has 19 heavy (non-hydrogen) atoms. The Kier molecular flexibility index (Phi) is 6.14. The highest BCUT2D eigenvalue weighted by Gasteiger charge is 2.13. The van der Waals surface area contributed by atoms with Gasteiger partial charge in [-0.15, -0.1) is 0 Å². The summed E-state index contributed by atoms with van der Waals surface area (Å²) >= 11 is 9.52. The summed E-state index contributed by atoms with van der Waals surface area (Å²) in [5.41, 5.74) is 1.23. The lowest BCUT2D eigenvalue weighted by Crippen LogP contribution is -2.41. The molecule has 1 unspecified atom stereocenters. The molecule has 0 bridgehead atoms. The maximum Gasteiger partial charge on any atom is 0.0551 e. The zero-order valence-electron chi connectivity index (χ0n) is 11.5. The number of likely N-dealkylation sites (tertiary alicyclic amines) is 1. The summed E-state index contributed by atoms with van der Waals surface area (Å²) in [6.07, 6.45) is 4.11. The average Bonchev–Trinajstić information content (AvgIpc) is 2.41. The van der Waals surface area contributed by atoms with Gasteiger partial charge >= 0.3 is 0 Å². The molecule has 106 valence electrons. The van der Waals surface area contributed by atoms with Gasteiger partial charge in [-0.1, -0.05) is 24.1 Å². The van der Waals surface area contributed by atoms with Crippen molar-refractivity contribution in [2.24, 2.45) is 0 Å². The lowest BCUT2D eigenvalue weighted by atomic mass is 10.1. The zero-order chi connectivity index (χ0) is 13.7. The van der Waals surface area contributed by atoms with Crippen molar-refractivity contribution in [3.63, 3.8) is 0 Å². The number of hydrogen-bond donors (Lipinski definition) is 1. The second-order valence-electron chi connectivity index (χ2n) is 5.39. The Hall–Kier alpha value is -0.0900. The molecule has 4 heteroatoms. The summed E-state index contributed by atoms with van der Waals surface area (Å²) < 4.78 is 0.958. The van der Waals surface area contributed by atoms with E-state index in [2.05, 4.69) is 39.1 Å². The fraction of sp³-hybridized carbons (Fsp3) is 0.600. The number of halogens is 2. The smallest absolute Gasteiger partial charge is 0.0551 e. The standard InChI is InChI=1S/C15H22BrClN2/c1-12(11-19-7-3-2-4-8-19)18-10-13-5-6-14(16)15(17)9-13/h5-6,9,12,18H,2-4,7-8,10-11H2,1H3. The highest BCUT2D eigenvalue weighted by molar-refractivity contribution is 9.10. The monoisotopic (exact) mass is 344 g/mol. The van der Waals surface area contributed by atoms with Crippen LogP contribution in [0.2, 0.25) is 5.02 Å². The summed E-state index contributed by atoms with van der Waals surface area (Å²) in [6.45, 7) is 6.80. The van der Waals surface area contributed by atoms with Crippen LogP contribution in [0.15, 0.2) is 22.7 Å². The number of nitrogens with one attached hydrogen (secondary N) is 1. The largest absolute Gasteiger partial charge is 0.309 e. The van der Waals surface area contributed by atoms with Crippen molar-refractivity contribution in [3.8, 4) is 0 Å². The van der Waals surface area contributed by atoms with Crippen LogP contribution in [0.4, 0.5) is 0 Å². The quantitative estimate of drug-likeness (QED) is 0.865. The molecule has 1 heterocycles. The average molecular weight is 346 g/mol. The van der Waals surface area contributed by atoms with E-state index in [0.29, 0.717) is 6.04 Å². The molecule has 0 amide bonds. The first-order valence-electron chi connectivity index (χ1n) is 7.05. The van der Waals surface area contributed by atoms with Gasteiger partial charge in [-0.2, -0.15) is 0 Å². The Morgan fingerprint density at radius 3 is 2.74 bits per heavy atom. The lowest BCUT2D eigenvalue weighted by molar-refractivity contribution is 0.209. The van der Waals surface area contributed by atoms with E-state index in [4.69, 9.17) is 11.6 Å². The second-order valence-corrected chi connectivity index (χ2v) is 6.65. The maximum absolute atomic E-state index is 6.10. The summed E-state index contributed by atoms with van der Waals surface area (Å²) in [4.78, 5) is 2.57. The van der Waals surface area contributed by atoms with Crippen LogP contribution in [0.3, 0.4) is 0 Å². The van der Waals surface area contributed by atoms with Gasteiger partial charge in [0.15, 0.2) is 0 Å². The van der Waals surface area contributed by atoms with Gasteiger partial charge in [0.1, 0.15) is 0 Å². The van der Waals surface area contributed by atoms with E-state index in [-0.39, 0.29) is 0 Å². The van der Waals surface area contributed by atoms with E-state index in [9.17, 15) is 0 Å². The van der Waals surface area contributed by atoms with Crippen molar-refractivity contribution in [1.29, 1.82) is 0 Å². The Bertz CT molecular complexity index is 405. The van der Waals surface area contributed by atoms with Gasteiger partial charge in [-0.05, 0) is 66.5 Å². The second kappa shape index (κ2) is 7.63. The molecule has 2 nitrogen and oxygen atoms in total. The van der Waals surface area contributed by atoms with Crippen LogP contribution < -0.4 is 5.32 Å².